The molecule has 0 saturated heterocycles. The van der Waals surface area contributed by atoms with Crippen LogP contribution >= 0.6 is 0 Å². The first-order chi connectivity index (χ1) is 14.8. The van der Waals surface area contributed by atoms with Crippen LogP contribution in [0.25, 0.3) is 11.3 Å². The highest BCUT2D eigenvalue weighted by Gasteiger charge is 2.34. The summed E-state index contributed by atoms with van der Waals surface area (Å²) >= 11 is 0. The van der Waals surface area contributed by atoms with Crippen LogP contribution in [0.15, 0.2) is 43.0 Å². The molecule has 1 atom stereocenters. The fourth-order valence-corrected chi connectivity index (χ4v) is 2.94. The monoisotopic (exact) mass is 453 g/mol. The van der Waals surface area contributed by atoms with Crippen LogP contribution in [-0.2, 0) is 7.05 Å². The van der Waals surface area contributed by atoms with Crippen molar-refractivity contribution in [1.29, 1.82) is 0 Å². The minimum Gasteiger partial charge on any atom is -0.403 e. The molecule has 12 heteroatoms. The van der Waals surface area contributed by atoms with Crippen molar-refractivity contribution in [3.63, 3.8) is 0 Å². The predicted octanol–water partition coefficient (Wildman–Crippen LogP) is 3.16. The first-order valence-corrected chi connectivity index (χ1v) is 9.23. The molecule has 0 saturated carbocycles. The van der Waals surface area contributed by atoms with Crippen LogP contribution in [0.3, 0.4) is 0 Å². The minimum absolute atomic E-state index is 0.0225. The van der Waals surface area contributed by atoms with Crippen molar-refractivity contribution in [2.75, 3.05) is 0 Å². The lowest BCUT2D eigenvalue weighted by molar-refractivity contribution is -0.275. The average Bonchev–Trinajstić information content (AvgIpc) is 3.12. The van der Waals surface area contributed by atoms with Crippen LogP contribution in [0.2, 0.25) is 0 Å². The van der Waals surface area contributed by atoms with Gasteiger partial charge in [-0.2, -0.15) is 5.10 Å². The molecule has 0 aliphatic carbocycles. The van der Waals surface area contributed by atoms with Gasteiger partial charge in [-0.1, -0.05) is 6.07 Å². The van der Waals surface area contributed by atoms with Crippen LogP contribution in [0.5, 0.6) is 5.75 Å². The van der Waals surface area contributed by atoms with E-state index in [1.807, 2.05) is 0 Å². The second-order valence-corrected chi connectivity index (χ2v) is 7.49. The molecule has 1 aromatic carbocycles. The van der Waals surface area contributed by atoms with Crippen molar-refractivity contribution in [3.8, 4) is 17.0 Å². The molecular weight excluding hydrogens is 434 g/mol. The van der Waals surface area contributed by atoms with E-state index in [1.165, 1.54) is 26.2 Å². The number of hydrogen-bond donors (Lipinski definition) is 2. The van der Waals surface area contributed by atoms with Gasteiger partial charge in [0.05, 0.1) is 35.9 Å². The number of aromatic nitrogens is 4. The number of aryl methyl sites for hydroxylation is 1. The van der Waals surface area contributed by atoms with Gasteiger partial charge in [0, 0.05) is 18.8 Å². The van der Waals surface area contributed by atoms with Gasteiger partial charge in [0.2, 0.25) is 0 Å². The van der Waals surface area contributed by atoms with Gasteiger partial charge in [0.1, 0.15) is 5.69 Å². The highest BCUT2D eigenvalue weighted by molar-refractivity contribution is 5.92. The van der Waals surface area contributed by atoms with E-state index in [9.17, 15) is 27.5 Å². The molecule has 0 spiro atoms. The number of halogens is 4. The molecule has 0 aliphatic heterocycles. The normalized spacial score (nSPS) is 13.0. The van der Waals surface area contributed by atoms with Crippen LogP contribution < -0.4 is 10.1 Å². The van der Waals surface area contributed by atoms with E-state index in [0.29, 0.717) is 11.3 Å². The fourth-order valence-electron chi connectivity index (χ4n) is 2.94. The molecule has 3 rings (SSSR count). The maximum absolute atomic E-state index is 14.2. The molecule has 170 valence electrons. The number of carbonyl (C=O) groups excluding carboxylic acids is 1. The number of hydrogen-bond acceptors (Lipinski definition) is 6. The summed E-state index contributed by atoms with van der Waals surface area (Å²) < 4.78 is 56.5. The third kappa shape index (κ3) is 5.58. The molecule has 0 radical (unpaired) electrons. The van der Waals surface area contributed by atoms with Gasteiger partial charge in [0.25, 0.3) is 5.91 Å². The number of nitrogens with one attached hydrogen (secondary N) is 1. The van der Waals surface area contributed by atoms with E-state index in [2.05, 4.69) is 25.1 Å². The Morgan fingerprint density at radius 1 is 1.22 bits per heavy atom. The molecule has 32 heavy (non-hydrogen) atoms. The van der Waals surface area contributed by atoms with E-state index in [-0.39, 0.29) is 11.3 Å². The molecule has 1 unspecified atom stereocenters. The van der Waals surface area contributed by atoms with Crippen LogP contribution in [0.4, 0.5) is 17.6 Å². The number of nitrogens with zero attached hydrogens (tertiary/aromatic N) is 4. The largest absolute Gasteiger partial charge is 0.573 e. The fraction of sp³-hybridized carbons (Fsp3) is 0.300. The van der Waals surface area contributed by atoms with Crippen molar-refractivity contribution in [2.24, 2.45) is 7.05 Å². The number of carbonyl (C=O) groups is 1. The van der Waals surface area contributed by atoms with E-state index >= 15 is 0 Å². The van der Waals surface area contributed by atoms with Gasteiger partial charge in [-0.25, -0.2) is 9.37 Å². The van der Waals surface area contributed by atoms with Crippen molar-refractivity contribution in [1.82, 2.24) is 25.1 Å². The summed E-state index contributed by atoms with van der Waals surface area (Å²) in [6, 6.07) is 1.45. The van der Waals surface area contributed by atoms with Crippen molar-refractivity contribution < 1.29 is 32.2 Å². The van der Waals surface area contributed by atoms with Crippen LogP contribution in [0, 0.1) is 5.82 Å². The van der Waals surface area contributed by atoms with Crippen LogP contribution in [-0.4, -0.2) is 42.7 Å². The topological polar surface area (TPSA) is 102 Å². The summed E-state index contributed by atoms with van der Waals surface area (Å²) in [4.78, 5) is 21.0. The SMILES string of the molecule is Cn1cc(-c2cncc(C(=O)NC(c3ccc(OC(F)(F)F)c(F)c3)C(C)(C)O)n2)cn1. The first kappa shape index (κ1) is 23.1. The Hall–Kier alpha value is -3.54. The number of alkyl halides is 3. The van der Waals surface area contributed by atoms with Crippen molar-refractivity contribution in [3.05, 3.63) is 60.1 Å². The zero-order chi connectivity index (χ0) is 23.7. The van der Waals surface area contributed by atoms with Crippen molar-refractivity contribution in [2.45, 2.75) is 31.9 Å². The van der Waals surface area contributed by atoms with E-state index in [0.717, 1.165) is 18.2 Å². The Bertz CT molecular complexity index is 1120. The highest BCUT2D eigenvalue weighted by Crippen LogP contribution is 2.31. The van der Waals surface area contributed by atoms with Gasteiger partial charge < -0.3 is 15.2 Å². The van der Waals surface area contributed by atoms with Gasteiger partial charge in [-0.3, -0.25) is 14.5 Å². The van der Waals surface area contributed by atoms with Gasteiger partial charge in [-0.05, 0) is 31.5 Å². The van der Waals surface area contributed by atoms with Gasteiger partial charge in [-0.15, -0.1) is 13.2 Å². The third-order valence-electron chi connectivity index (χ3n) is 4.36. The molecule has 3 aromatic rings. The number of aliphatic hydroxyl groups is 1. The Morgan fingerprint density at radius 2 is 1.94 bits per heavy atom. The Morgan fingerprint density at radius 3 is 2.50 bits per heavy atom. The van der Waals surface area contributed by atoms with Gasteiger partial charge >= 0.3 is 6.36 Å². The van der Waals surface area contributed by atoms with E-state index in [1.54, 1.807) is 24.1 Å². The van der Waals surface area contributed by atoms with Crippen LogP contribution in [0.1, 0.15) is 35.9 Å². The summed E-state index contributed by atoms with van der Waals surface area (Å²) in [5, 5.41) is 17.1. The Labute approximate surface area is 179 Å². The maximum Gasteiger partial charge on any atom is 0.573 e. The zero-order valence-corrected chi connectivity index (χ0v) is 17.2. The average molecular weight is 453 g/mol. The number of ether oxygens (including phenoxy) is 1. The molecule has 0 fully saturated rings. The summed E-state index contributed by atoms with van der Waals surface area (Å²) in [5.74, 6) is -3.06. The van der Waals surface area contributed by atoms with E-state index in [4.69, 9.17) is 0 Å². The molecule has 1 amide bonds. The highest BCUT2D eigenvalue weighted by atomic mass is 19.4. The molecule has 0 aliphatic rings. The molecule has 2 N–H and O–H groups in total. The second-order valence-electron chi connectivity index (χ2n) is 7.49. The number of amides is 1. The molecule has 8 nitrogen and oxygen atoms in total. The zero-order valence-electron chi connectivity index (χ0n) is 17.2. The minimum atomic E-state index is -5.07. The lowest BCUT2D eigenvalue weighted by Gasteiger charge is -2.30. The smallest absolute Gasteiger partial charge is 0.403 e. The lowest BCUT2D eigenvalue weighted by atomic mass is 9.91. The Kier molecular flexibility index (Phi) is 6.17. The van der Waals surface area contributed by atoms with Crippen molar-refractivity contribution >= 4 is 5.91 Å². The Balaban J connectivity index is 1.87. The molecule has 2 aromatic heterocycles. The number of benzene rings is 1. The van der Waals surface area contributed by atoms with Gasteiger partial charge in [0.15, 0.2) is 11.6 Å². The second kappa shape index (κ2) is 8.54. The molecule has 2 heterocycles. The summed E-state index contributed by atoms with van der Waals surface area (Å²) in [6.07, 6.45) is 0.801. The summed E-state index contributed by atoms with van der Waals surface area (Å²) in [7, 11) is 1.71. The first-order valence-electron chi connectivity index (χ1n) is 9.23. The molecular formula is C20H19F4N5O3. The predicted molar refractivity (Wildman–Crippen MR) is 104 cm³/mol. The third-order valence-corrected chi connectivity index (χ3v) is 4.36. The van der Waals surface area contributed by atoms with E-state index < -0.39 is 35.5 Å². The quantitative estimate of drug-likeness (QED) is 0.556. The number of rotatable bonds is 6. The lowest BCUT2D eigenvalue weighted by Crippen LogP contribution is -2.42. The standard InChI is InChI=1S/C20H19F4N5O3/c1-19(2,31)17(11-4-5-16(13(21)6-11)32-20(22,23)24)28-18(30)15-9-25-8-14(27-15)12-7-26-29(3)10-12/h4-10,17,31H,1-3H3,(H,28,30). The maximum atomic E-state index is 14.2. The molecule has 0 bridgehead atoms. The summed E-state index contributed by atoms with van der Waals surface area (Å²) in [5.41, 5.74) is -0.670. The summed E-state index contributed by atoms with van der Waals surface area (Å²) in [6.45, 7) is 2.71.